The van der Waals surface area contributed by atoms with Gasteiger partial charge in [-0.1, -0.05) is 0 Å². The fourth-order valence-electron chi connectivity index (χ4n) is 2.80. The zero-order valence-corrected chi connectivity index (χ0v) is 11.1. The summed E-state index contributed by atoms with van der Waals surface area (Å²) in [5, 5.41) is 14.2. The molecule has 6 nitrogen and oxygen atoms in total. The number of carboxylic acids is 1. The minimum absolute atomic E-state index is 0.0504. The second kappa shape index (κ2) is 5.11. The number of urea groups is 1. The van der Waals surface area contributed by atoms with Crippen molar-refractivity contribution in [2.75, 3.05) is 5.32 Å². The van der Waals surface area contributed by atoms with Crippen LogP contribution in [-0.2, 0) is 17.6 Å². The van der Waals surface area contributed by atoms with Crippen LogP contribution in [-0.4, -0.2) is 28.1 Å². The molecule has 1 aromatic rings. The molecule has 106 valence electrons. The van der Waals surface area contributed by atoms with Gasteiger partial charge in [0.05, 0.1) is 5.92 Å². The van der Waals surface area contributed by atoms with Crippen molar-refractivity contribution in [3.8, 4) is 0 Å². The number of carbonyl (C=O) groups excluding carboxylic acids is 1. The number of rotatable bonds is 3. The predicted octanol–water partition coefficient (Wildman–Crippen LogP) is 1.55. The zero-order chi connectivity index (χ0) is 14.1. The van der Waals surface area contributed by atoms with Crippen molar-refractivity contribution in [2.45, 2.75) is 38.1 Å². The molecule has 0 aliphatic heterocycles. The molecule has 0 radical (unpaired) electrons. The van der Waals surface area contributed by atoms with E-state index in [0.29, 0.717) is 18.7 Å². The number of anilines is 1. The lowest BCUT2D eigenvalue weighted by Crippen LogP contribution is -2.48. The van der Waals surface area contributed by atoms with Crippen molar-refractivity contribution in [1.82, 2.24) is 10.3 Å². The van der Waals surface area contributed by atoms with Gasteiger partial charge in [0.1, 0.15) is 5.82 Å². The number of hydrogen-bond acceptors (Lipinski definition) is 3. The Labute approximate surface area is 116 Å². The Balaban J connectivity index is 1.51. The number of aliphatic carboxylic acids is 1. The van der Waals surface area contributed by atoms with Crippen LogP contribution in [0.15, 0.2) is 12.3 Å². The lowest BCUT2D eigenvalue weighted by Gasteiger charge is -2.32. The van der Waals surface area contributed by atoms with Crippen LogP contribution in [0, 0.1) is 5.92 Å². The topological polar surface area (TPSA) is 91.3 Å². The van der Waals surface area contributed by atoms with Gasteiger partial charge in [-0.05, 0) is 49.3 Å². The minimum atomic E-state index is -0.788. The Kier molecular flexibility index (Phi) is 3.30. The van der Waals surface area contributed by atoms with Gasteiger partial charge in [0.2, 0.25) is 0 Å². The molecule has 2 amide bonds. The van der Waals surface area contributed by atoms with Gasteiger partial charge in [-0.25, -0.2) is 9.78 Å². The van der Waals surface area contributed by atoms with Crippen LogP contribution in [0.3, 0.4) is 0 Å². The Morgan fingerprint density at radius 2 is 2.00 bits per heavy atom. The number of hydrogen-bond donors (Lipinski definition) is 3. The average molecular weight is 275 g/mol. The fourth-order valence-corrected chi connectivity index (χ4v) is 2.80. The summed E-state index contributed by atoms with van der Waals surface area (Å²) in [4.78, 5) is 26.7. The third-order valence-electron chi connectivity index (χ3n) is 4.04. The number of aromatic nitrogens is 1. The summed E-state index contributed by atoms with van der Waals surface area (Å²) in [5.41, 5.74) is 2.52. The Hall–Kier alpha value is -2.11. The summed E-state index contributed by atoms with van der Waals surface area (Å²) in [7, 11) is 0. The van der Waals surface area contributed by atoms with E-state index in [4.69, 9.17) is 5.11 Å². The molecule has 0 atom stereocenters. The Morgan fingerprint density at radius 3 is 2.75 bits per heavy atom. The second-order valence-corrected chi connectivity index (χ2v) is 5.49. The molecule has 1 saturated carbocycles. The maximum atomic E-state index is 11.8. The largest absolute Gasteiger partial charge is 0.481 e. The van der Waals surface area contributed by atoms with E-state index >= 15 is 0 Å². The lowest BCUT2D eigenvalue weighted by atomic mass is 9.80. The zero-order valence-electron chi connectivity index (χ0n) is 11.1. The van der Waals surface area contributed by atoms with E-state index in [1.54, 1.807) is 0 Å². The smallest absolute Gasteiger partial charge is 0.320 e. The maximum Gasteiger partial charge on any atom is 0.320 e. The first-order valence-corrected chi connectivity index (χ1v) is 6.90. The number of nitrogens with zero attached hydrogens (tertiary/aromatic N) is 1. The summed E-state index contributed by atoms with van der Waals surface area (Å²) >= 11 is 0. The number of pyridine rings is 1. The highest BCUT2D eigenvalue weighted by Crippen LogP contribution is 2.27. The summed E-state index contributed by atoms with van der Waals surface area (Å²) < 4.78 is 0. The van der Waals surface area contributed by atoms with Gasteiger partial charge in [0.15, 0.2) is 0 Å². The number of carbonyl (C=O) groups is 2. The molecule has 3 N–H and O–H groups in total. The van der Waals surface area contributed by atoms with E-state index in [0.717, 1.165) is 19.3 Å². The quantitative estimate of drug-likeness (QED) is 0.780. The number of carboxylic acid groups (broad SMARTS) is 1. The van der Waals surface area contributed by atoms with Crippen molar-refractivity contribution < 1.29 is 14.7 Å². The SMILES string of the molecule is O=C(Nc1cc2c(cn1)CCC2)NC1CC(C(=O)O)C1. The van der Waals surface area contributed by atoms with Gasteiger partial charge in [0, 0.05) is 12.2 Å². The molecule has 2 aliphatic rings. The standard InChI is InChI=1S/C14H17N3O3/c18-13(19)10-4-11(5-10)16-14(20)17-12-6-8-2-1-3-9(8)7-15-12/h6-7,10-11H,1-5H2,(H,18,19)(H2,15,16,17,20). The third kappa shape index (κ3) is 2.59. The molecule has 6 heteroatoms. The molecule has 1 heterocycles. The molecule has 1 aromatic heterocycles. The molecular weight excluding hydrogens is 258 g/mol. The molecule has 0 aromatic carbocycles. The maximum absolute atomic E-state index is 11.8. The Morgan fingerprint density at radius 1 is 1.25 bits per heavy atom. The summed E-state index contributed by atoms with van der Waals surface area (Å²) in [6.07, 6.45) is 6.07. The van der Waals surface area contributed by atoms with Crippen LogP contribution in [0.2, 0.25) is 0 Å². The van der Waals surface area contributed by atoms with Gasteiger partial charge in [-0.2, -0.15) is 0 Å². The number of amides is 2. The minimum Gasteiger partial charge on any atom is -0.481 e. The number of nitrogens with one attached hydrogen (secondary N) is 2. The van der Waals surface area contributed by atoms with Gasteiger partial charge >= 0.3 is 12.0 Å². The van der Waals surface area contributed by atoms with E-state index in [9.17, 15) is 9.59 Å². The molecule has 0 saturated heterocycles. The summed E-state index contributed by atoms with van der Waals surface area (Å²) in [6.45, 7) is 0. The third-order valence-corrected chi connectivity index (χ3v) is 4.04. The number of fused-ring (bicyclic) bond motifs is 1. The fraction of sp³-hybridized carbons (Fsp3) is 0.500. The molecule has 1 fully saturated rings. The molecule has 20 heavy (non-hydrogen) atoms. The monoisotopic (exact) mass is 275 g/mol. The van der Waals surface area contributed by atoms with Crippen LogP contribution >= 0.6 is 0 Å². The van der Waals surface area contributed by atoms with E-state index in [2.05, 4.69) is 15.6 Å². The van der Waals surface area contributed by atoms with Crippen LogP contribution in [0.5, 0.6) is 0 Å². The van der Waals surface area contributed by atoms with Crippen molar-refractivity contribution in [1.29, 1.82) is 0 Å². The molecule has 0 bridgehead atoms. The van der Waals surface area contributed by atoms with Gasteiger partial charge in [-0.15, -0.1) is 0 Å². The highest BCUT2D eigenvalue weighted by Gasteiger charge is 2.35. The van der Waals surface area contributed by atoms with Crippen molar-refractivity contribution in [3.05, 3.63) is 23.4 Å². The van der Waals surface area contributed by atoms with Crippen LogP contribution < -0.4 is 10.6 Å². The molecule has 2 aliphatic carbocycles. The Bertz CT molecular complexity index is 553. The van der Waals surface area contributed by atoms with Gasteiger partial charge in [-0.3, -0.25) is 10.1 Å². The summed E-state index contributed by atoms with van der Waals surface area (Å²) in [5.74, 6) is -0.556. The van der Waals surface area contributed by atoms with Crippen molar-refractivity contribution >= 4 is 17.8 Å². The highest BCUT2D eigenvalue weighted by molar-refractivity contribution is 5.88. The van der Waals surface area contributed by atoms with E-state index in [1.165, 1.54) is 11.1 Å². The predicted molar refractivity (Wildman–Crippen MR) is 72.6 cm³/mol. The van der Waals surface area contributed by atoms with Gasteiger partial charge in [0.25, 0.3) is 0 Å². The van der Waals surface area contributed by atoms with Crippen LogP contribution in [0.4, 0.5) is 10.6 Å². The highest BCUT2D eigenvalue weighted by atomic mass is 16.4. The van der Waals surface area contributed by atoms with Crippen molar-refractivity contribution in [3.63, 3.8) is 0 Å². The van der Waals surface area contributed by atoms with Crippen LogP contribution in [0.25, 0.3) is 0 Å². The van der Waals surface area contributed by atoms with Gasteiger partial charge < -0.3 is 10.4 Å². The first kappa shape index (κ1) is 12.9. The van der Waals surface area contributed by atoms with E-state index < -0.39 is 5.97 Å². The first-order chi connectivity index (χ1) is 9.61. The lowest BCUT2D eigenvalue weighted by molar-refractivity contribution is -0.145. The van der Waals surface area contributed by atoms with E-state index in [-0.39, 0.29) is 18.0 Å². The normalized spacial score (nSPS) is 23.6. The molecular formula is C14H17N3O3. The first-order valence-electron chi connectivity index (χ1n) is 6.90. The summed E-state index contributed by atoms with van der Waals surface area (Å²) in [6, 6.07) is 1.55. The van der Waals surface area contributed by atoms with Crippen LogP contribution in [0.1, 0.15) is 30.4 Å². The second-order valence-electron chi connectivity index (χ2n) is 5.49. The molecule has 0 unspecified atom stereocenters. The molecule has 3 rings (SSSR count). The average Bonchev–Trinajstić information content (AvgIpc) is 2.80. The van der Waals surface area contributed by atoms with E-state index in [1.807, 2.05) is 12.3 Å². The number of aryl methyl sites for hydroxylation is 2. The van der Waals surface area contributed by atoms with Crippen molar-refractivity contribution in [2.24, 2.45) is 5.92 Å². The molecule has 0 spiro atoms.